The standard InChI is InChI=1S/C15H28O3S/c1-19(17,18)12-11-15(16)10-6-5-9-14(15)13-7-3-2-4-8-13/h13-14,16H,2-12H2,1H3. The lowest BCUT2D eigenvalue weighted by molar-refractivity contribution is -0.0790. The number of rotatable bonds is 4. The zero-order valence-corrected chi connectivity index (χ0v) is 12.9. The molecule has 4 heteroatoms. The molecular weight excluding hydrogens is 260 g/mol. The summed E-state index contributed by atoms with van der Waals surface area (Å²) in [6, 6.07) is 0. The molecule has 0 aromatic heterocycles. The molecule has 2 unspecified atom stereocenters. The van der Waals surface area contributed by atoms with Crippen molar-refractivity contribution in [3.63, 3.8) is 0 Å². The summed E-state index contributed by atoms with van der Waals surface area (Å²) in [6.45, 7) is 0. The van der Waals surface area contributed by atoms with Crippen molar-refractivity contribution in [3.05, 3.63) is 0 Å². The van der Waals surface area contributed by atoms with E-state index in [1.54, 1.807) is 0 Å². The molecular formula is C15H28O3S. The van der Waals surface area contributed by atoms with Crippen molar-refractivity contribution in [2.24, 2.45) is 11.8 Å². The van der Waals surface area contributed by atoms with Crippen molar-refractivity contribution in [1.82, 2.24) is 0 Å². The molecule has 3 nitrogen and oxygen atoms in total. The van der Waals surface area contributed by atoms with Crippen LogP contribution in [0.5, 0.6) is 0 Å². The van der Waals surface area contributed by atoms with Crippen molar-refractivity contribution in [1.29, 1.82) is 0 Å². The van der Waals surface area contributed by atoms with E-state index in [1.165, 1.54) is 44.8 Å². The molecule has 0 radical (unpaired) electrons. The molecule has 0 aromatic rings. The predicted octanol–water partition coefficient (Wildman–Crippen LogP) is 2.92. The van der Waals surface area contributed by atoms with Gasteiger partial charge in [0, 0.05) is 6.26 Å². The smallest absolute Gasteiger partial charge is 0.147 e. The zero-order valence-electron chi connectivity index (χ0n) is 12.1. The van der Waals surface area contributed by atoms with E-state index >= 15 is 0 Å². The second kappa shape index (κ2) is 6.13. The van der Waals surface area contributed by atoms with Crippen LogP contribution in [0.4, 0.5) is 0 Å². The van der Waals surface area contributed by atoms with Gasteiger partial charge in [-0.2, -0.15) is 0 Å². The Morgan fingerprint density at radius 1 is 1.05 bits per heavy atom. The predicted molar refractivity (Wildman–Crippen MR) is 77.8 cm³/mol. The summed E-state index contributed by atoms with van der Waals surface area (Å²) in [5.41, 5.74) is -0.719. The number of sulfone groups is 1. The van der Waals surface area contributed by atoms with E-state index in [2.05, 4.69) is 0 Å². The first-order valence-corrected chi connectivity index (χ1v) is 9.87. The highest BCUT2D eigenvalue weighted by atomic mass is 32.2. The Labute approximate surface area is 117 Å². The fraction of sp³-hybridized carbons (Fsp3) is 1.00. The summed E-state index contributed by atoms with van der Waals surface area (Å²) < 4.78 is 22.8. The highest BCUT2D eigenvalue weighted by molar-refractivity contribution is 7.90. The van der Waals surface area contributed by atoms with Gasteiger partial charge < -0.3 is 5.11 Å². The Hall–Kier alpha value is -0.0900. The first kappa shape index (κ1) is 15.3. The van der Waals surface area contributed by atoms with Crippen LogP contribution in [-0.4, -0.2) is 31.1 Å². The Morgan fingerprint density at radius 2 is 1.68 bits per heavy atom. The molecule has 2 aliphatic carbocycles. The van der Waals surface area contributed by atoms with Crippen molar-refractivity contribution < 1.29 is 13.5 Å². The van der Waals surface area contributed by atoms with Gasteiger partial charge in [-0.25, -0.2) is 8.42 Å². The third kappa shape index (κ3) is 4.19. The molecule has 2 rings (SSSR count). The average Bonchev–Trinajstić information content (AvgIpc) is 2.37. The Balaban J connectivity index is 2.04. The molecule has 0 amide bonds. The molecule has 19 heavy (non-hydrogen) atoms. The summed E-state index contributed by atoms with van der Waals surface area (Å²) in [6.07, 6.45) is 12.2. The lowest BCUT2D eigenvalue weighted by Crippen LogP contribution is -2.46. The maximum absolute atomic E-state index is 11.4. The van der Waals surface area contributed by atoms with Gasteiger partial charge in [0.1, 0.15) is 9.84 Å². The highest BCUT2D eigenvalue weighted by Gasteiger charge is 2.43. The van der Waals surface area contributed by atoms with E-state index in [0.29, 0.717) is 18.3 Å². The van der Waals surface area contributed by atoms with Gasteiger partial charge in [0.05, 0.1) is 11.4 Å². The molecule has 0 spiro atoms. The van der Waals surface area contributed by atoms with Gasteiger partial charge in [-0.15, -0.1) is 0 Å². The summed E-state index contributed by atoms with van der Waals surface area (Å²) in [7, 11) is -2.98. The lowest BCUT2D eigenvalue weighted by atomic mass is 9.64. The Kier molecular flexibility index (Phi) is 4.93. The average molecular weight is 288 g/mol. The SMILES string of the molecule is CS(=O)(=O)CCC1(O)CCCCC1C1CCCCC1. The van der Waals surface area contributed by atoms with Crippen LogP contribution < -0.4 is 0 Å². The largest absolute Gasteiger partial charge is 0.390 e. The van der Waals surface area contributed by atoms with Gasteiger partial charge in [-0.1, -0.05) is 44.9 Å². The van der Waals surface area contributed by atoms with Crippen LogP contribution in [0.2, 0.25) is 0 Å². The normalized spacial score (nSPS) is 34.3. The second-order valence-electron chi connectivity index (χ2n) is 6.73. The van der Waals surface area contributed by atoms with E-state index in [1.807, 2.05) is 0 Å². The molecule has 0 bridgehead atoms. The van der Waals surface area contributed by atoms with Gasteiger partial charge in [0.2, 0.25) is 0 Å². The van der Waals surface area contributed by atoms with Crippen LogP contribution in [0, 0.1) is 11.8 Å². The maximum atomic E-state index is 11.4. The fourth-order valence-corrected chi connectivity index (χ4v) is 4.86. The summed E-state index contributed by atoms with van der Waals surface area (Å²) in [5, 5.41) is 11.0. The molecule has 0 heterocycles. The van der Waals surface area contributed by atoms with Gasteiger partial charge in [0.15, 0.2) is 0 Å². The molecule has 0 aliphatic heterocycles. The summed E-state index contributed by atoms with van der Waals surface area (Å²) in [5.74, 6) is 1.09. The lowest BCUT2D eigenvalue weighted by Gasteiger charge is -2.45. The molecule has 0 aromatic carbocycles. The Bertz CT molecular complexity index is 384. The third-order valence-corrected chi connectivity index (χ3v) is 6.14. The van der Waals surface area contributed by atoms with Crippen LogP contribution in [0.3, 0.4) is 0 Å². The molecule has 0 saturated heterocycles. The fourth-order valence-electron chi connectivity index (χ4n) is 4.13. The molecule has 1 N–H and O–H groups in total. The van der Waals surface area contributed by atoms with Crippen molar-refractivity contribution in [2.75, 3.05) is 12.0 Å². The van der Waals surface area contributed by atoms with Gasteiger partial charge in [0.25, 0.3) is 0 Å². The quantitative estimate of drug-likeness (QED) is 0.865. The van der Waals surface area contributed by atoms with Crippen molar-refractivity contribution in [2.45, 2.75) is 69.8 Å². The first-order chi connectivity index (χ1) is 8.91. The maximum Gasteiger partial charge on any atom is 0.147 e. The van der Waals surface area contributed by atoms with Crippen LogP contribution in [0.1, 0.15) is 64.2 Å². The molecule has 2 atom stereocenters. The Morgan fingerprint density at radius 3 is 2.32 bits per heavy atom. The van der Waals surface area contributed by atoms with Crippen LogP contribution in [0.15, 0.2) is 0 Å². The third-order valence-electron chi connectivity index (χ3n) is 5.19. The van der Waals surface area contributed by atoms with E-state index in [0.717, 1.165) is 19.3 Å². The molecule has 2 saturated carbocycles. The van der Waals surface area contributed by atoms with E-state index in [-0.39, 0.29) is 5.75 Å². The minimum Gasteiger partial charge on any atom is -0.390 e. The second-order valence-corrected chi connectivity index (χ2v) is 8.99. The topological polar surface area (TPSA) is 54.4 Å². The summed E-state index contributed by atoms with van der Waals surface area (Å²) in [4.78, 5) is 0. The van der Waals surface area contributed by atoms with Gasteiger partial charge >= 0.3 is 0 Å². The highest BCUT2D eigenvalue weighted by Crippen LogP contribution is 2.45. The van der Waals surface area contributed by atoms with Gasteiger partial charge in [-0.05, 0) is 31.1 Å². The van der Waals surface area contributed by atoms with Crippen LogP contribution in [0.25, 0.3) is 0 Å². The minimum atomic E-state index is -2.98. The first-order valence-electron chi connectivity index (χ1n) is 7.81. The molecule has 112 valence electrons. The molecule has 2 aliphatic rings. The zero-order chi connectivity index (χ0) is 13.9. The van der Waals surface area contributed by atoms with Crippen LogP contribution >= 0.6 is 0 Å². The minimum absolute atomic E-state index is 0.132. The van der Waals surface area contributed by atoms with E-state index in [9.17, 15) is 13.5 Å². The van der Waals surface area contributed by atoms with Crippen molar-refractivity contribution >= 4 is 9.84 Å². The van der Waals surface area contributed by atoms with E-state index in [4.69, 9.17) is 0 Å². The number of aliphatic hydroxyl groups is 1. The van der Waals surface area contributed by atoms with Crippen LogP contribution in [-0.2, 0) is 9.84 Å². The van der Waals surface area contributed by atoms with E-state index < -0.39 is 15.4 Å². The number of hydrogen-bond donors (Lipinski definition) is 1. The monoisotopic (exact) mass is 288 g/mol. The molecule has 2 fully saturated rings. The van der Waals surface area contributed by atoms with Crippen molar-refractivity contribution in [3.8, 4) is 0 Å². The van der Waals surface area contributed by atoms with Gasteiger partial charge in [-0.3, -0.25) is 0 Å². The number of hydrogen-bond acceptors (Lipinski definition) is 3. The summed E-state index contributed by atoms with van der Waals surface area (Å²) >= 11 is 0.